The minimum Gasteiger partial charge on any atom is -0.462 e. The molecule has 2 heterocycles. The number of carbonyl (C=O) groups is 3. The van der Waals surface area contributed by atoms with Gasteiger partial charge in [-0.2, -0.15) is 0 Å². The number of benzene rings is 3. The van der Waals surface area contributed by atoms with E-state index >= 15 is 0 Å². The average molecular weight is 561 g/mol. The molecule has 1 aromatic heterocycles. The zero-order chi connectivity index (χ0) is 26.5. The maximum absolute atomic E-state index is 13.2. The zero-order valence-electron chi connectivity index (χ0n) is 21.5. The normalized spacial score (nSPS) is 12.6. The second kappa shape index (κ2) is 12.8. The van der Waals surface area contributed by atoms with E-state index in [9.17, 15) is 14.4 Å². The summed E-state index contributed by atoms with van der Waals surface area (Å²) >= 11 is 1.43. The molecule has 4 aromatic rings. The van der Waals surface area contributed by atoms with Crippen LogP contribution in [0.3, 0.4) is 0 Å². The topological polar surface area (TPSA) is 75.7 Å². The first kappa shape index (κ1) is 28.2. The summed E-state index contributed by atoms with van der Waals surface area (Å²) in [7, 11) is 0. The molecule has 0 aliphatic carbocycles. The standard InChI is InChI=1S/C31H28N2O4S.ClH/c1-2-37-31(36)27-25-17-18-33(19-21-9-5-3-6-10-21)20-26(25)38-30(27)32-29(35)24-15-13-23(14-16-24)28(34)22-11-7-4-8-12-22;/h3-16H,2,17-20H2,1H3,(H,32,35);1H. The van der Waals surface area contributed by atoms with Crippen molar-refractivity contribution < 1.29 is 19.1 Å². The van der Waals surface area contributed by atoms with Crippen LogP contribution in [0.5, 0.6) is 0 Å². The molecular weight excluding hydrogens is 532 g/mol. The number of anilines is 1. The number of ketones is 1. The lowest BCUT2D eigenvalue weighted by atomic mass is 10.0. The van der Waals surface area contributed by atoms with Crippen molar-refractivity contribution in [1.29, 1.82) is 0 Å². The molecule has 0 bridgehead atoms. The molecule has 0 fully saturated rings. The van der Waals surface area contributed by atoms with Crippen molar-refractivity contribution in [3.8, 4) is 0 Å². The van der Waals surface area contributed by atoms with E-state index in [0.29, 0.717) is 40.2 Å². The molecule has 200 valence electrons. The van der Waals surface area contributed by atoms with Gasteiger partial charge in [-0.15, -0.1) is 23.7 Å². The van der Waals surface area contributed by atoms with E-state index in [4.69, 9.17) is 4.74 Å². The van der Waals surface area contributed by atoms with Crippen molar-refractivity contribution >= 4 is 46.4 Å². The van der Waals surface area contributed by atoms with E-state index in [2.05, 4.69) is 22.3 Å². The SMILES string of the molecule is CCOC(=O)c1c(NC(=O)c2ccc(C(=O)c3ccccc3)cc2)sc2c1CCN(Cc1ccccc1)C2.Cl. The highest BCUT2D eigenvalue weighted by molar-refractivity contribution is 7.17. The lowest BCUT2D eigenvalue weighted by molar-refractivity contribution is 0.0526. The molecule has 1 N–H and O–H groups in total. The van der Waals surface area contributed by atoms with Gasteiger partial charge in [0.2, 0.25) is 0 Å². The number of thiophene rings is 1. The lowest BCUT2D eigenvalue weighted by Gasteiger charge is -2.27. The molecule has 3 aromatic carbocycles. The van der Waals surface area contributed by atoms with Gasteiger partial charge in [-0.1, -0.05) is 72.8 Å². The van der Waals surface area contributed by atoms with E-state index in [1.54, 1.807) is 43.3 Å². The molecule has 6 nitrogen and oxygen atoms in total. The summed E-state index contributed by atoms with van der Waals surface area (Å²) in [6, 6.07) is 25.9. The van der Waals surface area contributed by atoms with Gasteiger partial charge >= 0.3 is 5.97 Å². The molecule has 8 heteroatoms. The molecule has 0 unspecified atom stereocenters. The number of hydrogen-bond acceptors (Lipinski definition) is 6. The Morgan fingerprint density at radius 2 is 1.49 bits per heavy atom. The van der Waals surface area contributed by atoms with Crippen molar-refractivity contribution in [1.82, 2.24) is 4.90 Å². The van der Waals surface area contributed by atoms with Crippen molar-refractivity contribution in [2.75, 3.05) is 18.5 Å². The fraction of sp³-hybridized carbons (Fsp3) is 0.194. The van der Waals surface area contributed by atoms with Crippen LogP contribution in [-0.2, 0) is 24.2 Å². The highest BCUT2D eigenvalue weighted by Gasteiger charge is 2.29. The number of rotatable bonds is 8. The Balaban J connectivity index is 0.00000353. The van der Waals surface area contributed by atoms with Gasteiger partial charge in [0, 0.05) is 41.2 Å². The van der Waals surface area contributed by atoms with E-state index in [0.717, 1.165) is 23.5 Å². The van der Waals surface area contributed by atoms with Crippen molar-refractivity contribution in [2.45, 2.75) is 26.4 Å². The monoisotopic (exact) mass is 560 g/mol. The molecule has 1 amide bonds. The first-order valence-corrected chi connectivity index (χ1v) is 13.4. The van der Waals surface area contributed by atoms with Gasteiger partial charge in [-0.05, 0) is 36.6 Å². The summed E-state index contributed by atoms with van der Waals surface area (Å²) in [4.78, 5) is 42.2. The third kappa shape index (κ3) is 6.45. The molecular formula is C31H29ClN2O4S. The number of carbonyl (C=O) groups excluding carboxylic acids is 3. The summed E-state index contributed by atoms with van der Waals surface area (Å²) in [5, 5.41) is 3.45. The Bertz CT molecular complexity index is 1450. The smallest absolute Gasteiger partial charge is 0.341 e. The van der Waals surface area contributed by atoms with Crippen LogP contribution in [0.4, 0.5) is 5.00 Å². The second-order valence-corrected chi connectivity index (χ2v) is 10.2. The van der Waals surface area contributed by atoms with Gasteiger partial charge < -0.3 is 10.1 Å². The maximum atomic E-state index is 13.2. The first-order chi connectivity index (χ1) is 18.5. The predicted molar refractivity (Wildman–Crippen MR) is 156 cm³/mol. The Kier molecular flexibility index (Phi) is 9.30. The summed E-state index contributed by atoms with van der Waals surface area (Å²) in [5.74, 6) is -0.859. The van der Waals surface area contributed by atoms with E-state index < -0.39 is 5.97 Å². The molecule has 0 atom stereocenters. The fourth-order valence-corrected chi connectivity index (χ4v) is 5.92. The number of hydrogen-bond donors (Lipinski definition) is 1. The Morgan fingerprint density at radius 1 is 0.872 bits per heavy atom. The lowest BCUT2D eigenvalue weighted by Crippen LogP contribution is -2.29. The van der Waals surface area contributed by atoms with E-state index in [1.165, 1.54) is 16.9 Å². The van der Waals surface area contributed by atoms with Crippen LogP contribution in [0.2, 0.25) is 0 Å². The van der Waals surface area contributed by atoms with Gasteiger partial charge in [-0.3, -0.25) is 14.5 Å². The molecule has 0 saturated heterocycles. The largest absolute Gasteiger partial charge is 0.462 e. The summed E-state index contributed by atoms with van der Waals surface area (Å²) in [5.41, 5.74) is 4.15. The van der Waals surface area contributed by atoms with Crippen LogP contribution in [0.25, 0.3) is 0 Å². The molecule has 1 aliphatic rings. The van der Waals surface area contributed by atoms with Gasteiger partial charge in [0.25, 0.3) is 5.91 Å². The Morgan fingerprint density at radius 3 is 2.15 bits per heavy atom. The van der Waals surface area contributed by atoms with Crippen molar-refractivity contribution in [3.63, 3.8) is 0 Å². The number of fused-ring (bicyclic) bond motifs is 1. The molecule has 0 radical (unpaired) electrons. The fourth-order valence-electron chi connectivity index (χ4n) is 4.64. The van der Waals surface area contributed by atoms with Gasteiger partial charge in [0.15, 0.2) is 5.78 Å². The predicted octanol–water partition coefficient (Wildman–Crippen LogP) is 6.39. The third-order valence-corrected chi connectivity index (χ3v) is 7.67. The minimum atomic E-state index is -0.416. The summed E-state index contributed by atoms with van der Waals surface area (Å²) in [6.45, 7) is 4.37. The van der Waals surface area contributed by atoms with Crippen molar-refractivity contribution in [3.05, 3.63) is 123 Å². The molecule has 0 spiro atoms. The van der Waals surface area contributed by atoms with Crippen LogP contribution < -0.4 is 5.32 Å². The Labute approximate surface area is 238 Å². The Hall–Kier alpha value is -3.78. The number of nitrogens with one attached hydrogen (secondary N) is 1. The molecule has 39 heavy (non-hydrogen) atoms. The van der Waals surface area contributed by atoms with Crippen LogP contribution >= 0.6 is 23.7 Å². The van der Waals surface area contributed by atoms with E-state index in [1.807, 2.05) is 36.4 Å². The maximum Gasteiger partial charge on any atom is 0.341 e. The summed E-state index contributed by atoms with van der Waals surface area (Å²) in [6.07, 6.45) is 0.707. The number of esters is 1. The van der Waals surface area contributed by atoms with Crippen LogP contribution in [0.1, 0.15) is 59.6 Å². The molecule has 5 rings (SSSR count). The molecule has 0 saturated carbocycles. The van der Waals surface area contributed by atoms with Crippen LogP contribution in [0.15, 0.2) is 84.9 Å². The van der Waals surface area contributed by atoms with Crippen LogP contribution in [-0.4, -0.2) is 35.7 Å². The quantitative estimate of drug-likeness (QED) is 0.200. The highest BCUT2D eigenvalue weighted by Crippen LogP contribution is 2.38. The number of halogens is 1. The third-order valence-electron chi connectivity index (χ3n) is 6.54. The number of nitrogens with zero attached hydrogens (tertiary/aromatic N) is 1. The molecule has 1 aliphatic heterocycles. The van der Waals surface area contributed by atoms with Gasteiger partial charge in [0.1, 0.15) is 5.00 Å². The van der Waals surface area contributed by atoms with Gasteiger partial charge in [0.05, 0.1) is 12.2 Å². The second-order valence-electron chi connectivity index (χ2n) is 9.10. The summed E-state index contributed by atoms with van der Waals surface area (Å²) < 4.78 is 5.35. The first-order valence-electron chi connectivity index (χ1n) is 12.6. The van der Waals surface area contributed by atoms with Crippen LogP contribution in [0, 0.1) is 0 Å². The zero-order valence-corrected chi connectivity index (χ0v) is 23.1. The highest BCUT2D eigenvalue weighted by atomic mass is 35.5. The van der Waals surface area contributed by atoms with E-state index in [-0.39, 0.29) is 30.7 Å². The average Bonchev–Trinajstić information content (AvgIpc) is 3.31. The van der Waals surface area contributed by atoms with Crippen molar-refractivity contribution in [2.24, 2.45) is 0 Å². The number of ether oxygens (including phenoxy) is 1. The van der Waals surface area contributed by atoms with Gasteiger partial charge in [-0.25, -0.2) is 4.79 Å². The minimum absolute atomic E-state index is 0. The number of amides is 1.